The minimum atomic E-state index is -0.236. The lowest BCUT2D eigenvalue weighted by atomic mass is 9.96. The van der Waals surface area contributed by atoms with Crippen molar-refractivity contribution in [3.63, 3.8) is 0 Å². The fourth-order valence-electron chi connectivity index (χ4n) is 3.97. The number of aliphatic hydroxyl groups is 1. The second kappa shape index (κ2) is 11.4. The molecule has 0 saturated carbocycles. The van der Waals surface area contributed by atoms with Crippen molar-refractivity contribution in [2.45, 2.75) is 12.8 Å². The monoisotopic (exact) mass is 484 g/mol. The molecule has 9 heteroatoms. The maximum absolute atomic E-state index is 12.3. The summed E-state index contributed by atoms with van der Waals surface area (Å²) < 4.78 is 0. The molecule has 0 bridgehead atoms. The number of carbonyl (C=O) groups excluding carboxylic acids is 2. The summed E-state index contributed by atoms with van der Waals surface area (Å²) in [4.78, 5) is 37.6. The first kappa shape index (κ1) is 24.7. The van der Waals surface area contributed by atoms with Gasteiger partial charge in [0.1, 0.15) is 12.1 Å². The number of aromatic nitrogens is 3. The Hall–Kier alpha value is -4.37. The molecule has 36 heavy (non-hydrogen) atoms. The van der Waals surface area contributed by atoms with Gasteiger partial charge in [-0.2, -0.15) is 0 Å². The van der Waals surface area contributed by atoms with Crippen LogP contribution in [0.2, 0.25) is 0 Å². The summed E-state index contributed by atoms with van der Waals surface area (Å²) in [6.07, 6.45) is 3.16. The number of benzene rings is 2. The van der Waals surface area contributed by atoms with Crippen LogP contribution in [-0.2, 0) is 0 Å². The number of hydrogen-bond acceptors (Lipinski definition) is 7. The number of fused-ring (bicyclic) bond motifs is 1. The number of amides is 2. The molecule has 0 fully saturated rings. The van der Waals surface area contributed by atoms with Crippen molar-refractivity contribution in [3.05, 3.63) is 83.8 Å². The third-order valence-corrected chi connectivity index (χ3v) is 5.90. The van der Waals surface area contributed by atoms with Crippen LogP contribution in [0.1, 0.15) is 39.1 Å². The highest BCUT2D eigenvalue weighted by Gasteiger charge is 2.15. The van der Waals surface area contributed by atoms with Gasteiger partial charge in [0, 0.05) is 54.8 Å². The molecule has 184 valence electrons. The molecule has 2 heterocycles. The third kappa shape index (κ3) is 5.47. The number of carbonyl (C=O) groups is 2. The Bertz CT molecular complexity index is 1370. The lowest BCUT2D eigenvalue weighted by Crippen LogP contribution is -2.26. The largest absolute Gasteiger partial charge is 0.395 e. The van der Waals surface area contributed by atoms with Crippen LogP contribution in [0.4, 0.5) is 5.82 Å². The summed E-state index contributed by atoms with van der Waals surface area (Å²) in [5.74, 6) is 0.393. The third-order valence-electron chi connectivity index (χ3n) is 5.90. The van der Waals surface area contributed by atoms with E-state index in [1.165, 1.54) is 6.33 Å². The molecular formula is C27H28N6O3. The van der Waals surface area contributed by atoms with E-state index in [0.717, 1.165) is 27.7 Å². The van der Waals surface area contributed by atoms with E-state index < -0.39 is 0 Å². The van der Waals surface area contributed by atoms with Gasteiger partial charge in [0.25, 0.3) is 11.8 Å². The predicted octanol–water partition coefficient (Wildman–Crippen LogP) is 2.99. The molecule has 0 saturated heterocycles. The second-order valence-electron chi connectivity index (χ2n) is 8.31. The number of nitrogens with one attached hydrogen (secondary N) is 3. The molecular weight excluding hydrogens is 456 g/mol. The van der Waals surface area contributed by atoms with Gasteiger partial charge in [0.2, 0.25) is 0 Å². The van der Waals surface area contributed by atoms with Crippen molar-refractivity contribution in [2.24, 2.45) is 0 Å². The Labute approximate surface area is 209 Å². The van der Waals surface area contributed by atoms with E-state index in [1.54, 1.807) is 31.4 Å². The van der Waals surface area contributed by atoms with Crippen molar-refractivity contribution in [3.8, 4) is 11.3 Å². The Balaban J connectivity index is 1.48. The first-order valence-corrected chi connectivity index (χ1v) is 11.7. The van der Waals surface area contributed by atoms with Gasteiger partial charge in [-0.15, -0.1) is 0 Å². The smallest absolute Gasteiger partial charge is 0.251 e. The highest BCUT2D eigenvalue weighted by molar-refractivity contribution is 6.06. The van der Waals surface area contributed by atoms with Crippen LogP contribution in [0.25, 0.3) is 22.2 Å². The molecule has 4 rings (SSSR count). The van der Waals surface area contributed by atoms with Crippen LogP contribution in [0.15, 0.2) is 67.1 Å². The number of rotatable bonds is 9. The summed E-state index contributed by atoms with van der Waals surface area (Å²) in [7, 11) is 1.62. The lowest BCUT2D eigenvalue weighted by Gasteiger charge is -2.16. The fourth-order valence-corrected chi connectivity index (χ4v) is 3.97. The van der Waals surface area contributed by atoms with E-state index in [-0.39, 0.29) is 30.9 Å². The van der Waals surface area contributed by atoms with Gasteiger partial charge < -0.3 is 21.1 Å². The summed E-state index contributed by atoms with van der Waals surface area (Å²) in [6.45, 7) is 2.81. The van der Waals surface area contributed by atoms with Gasteiger partial charge in [-0.25, -0.2) is 9.97 Å². The molecule has 2 aromatic heterocycles. The Kier molecular flexibility index (Phi) is 7.82. The maximum Gasteiger partial charge on any atom is 0.251 e. The van der Waals surface area contributed by atoms with Crippen molar-refractivity contribution >= 4 is 28.5 Å². The average Bonchev–Trinajstić information content (AvgIpc) is 2.93. The average molecular weight is 485 g/mol. The van der Waals surface area contributed by atoms with E-state index in [1.807, 2.05) is 36.4 Å². The lowest BCUT2D eigenvalue weighted by molar-refractivity contribution is 0.0942. The highest BCUT2D eigenvalue weighted by atomic mass is 16.3. The SMILES string of the molecule is CNC(=O)c1ccnc2c([C@H](C)CNc3cc(-c4ccc(C(=O)NCCO)cc4)ncn3)cccc12. The van der Waals surface area contributed by atoms with Crippen LogP contribution in [-0.4, -0.2) is 58.6 Å². The maximum atomic E-state index is 12.3. The molecule has 9 nitrogen and oxygen atoms in total. The first-order chi connectivity index (χ1) is 17.5. The minimum absolute atomic E-state index is 0.0938. The number of nitrogens with zero attached hydrogens (tertiary/aromatic N) is 3. The van der Waals surface area contributed by atoms with Gasteiger partial charge in [-0.3, -0.25) is 14.6 Å². The quantitative estimate of drug-likeness (QED) is 0.287. The van der Waals surface area contributed by atoms with E-state index >= 15 is 0 Å². The molecule has 0 aliphatic rings. The fraction of sp³-hybridized carbons (Fsp3) is 0.222. The zero-order valence-corrected chi connectivity index (χ0v) is 20.2. The highest BCUT2D eigenvalue weighted by Crippen LogP contribution is 2.27. The van der Waals surface area contributed by atoms with E-state index in [0.29, 0.717) is 23.5 Å². The Morgan fingerprint density at radius 2 is 1.81 bits per heavy atom. The van der Waals surface area contributed by atoms with E-state index in [9.17, 15) is 9.59 Å². The number of para-hydroxylation sites is 1. The van der Waals surface area contributed by atoms with E-state index in [2.05, 4.69) is 37.8 Å². The number of pyridine rings is 1. The van der Waals surface area contributed by atoms with Crippen LogP contribution in [0.5, 0.6) is 0 Å². The van der Waals surface area contributed by atoms with Crippen molar-refractivity contribution in [1.82, 2.24) is 25.6 Å². The molecule has 4 aromatic rings. The van der Waals surface area contributed by atoms with Crippen LogP contribution in [0, 0.1) is 0 Å². The molecule has 2 aromatic carbocycles. The second-order valence-corrected chi connectivity index (χ2v) is 8.31. The standard InChI is InChI=1S/C27H28N6O3/c1-17(20-4-3-5-21-22(27(36)28-2)10-11-29-25(20)21)15-31-24-14-23(32-16-33-24)18-6-8-19(9-7-18)26(35)30-12-13-34/h3-11,14,16-17,34H,12-13,15H2,1-2H3,(H,28,36)(H,30,35)(H,31,32,33)/t17-/m1/s1. The molecule has 2 amide bonds. The van der Waals surface area contributed by atoms with Crippen molar-refractivity contribution < 1.29 is 14.7 Å². The molecule has 0 aliphatic heterocycles. The first-order valence-electron chi connectivity index (χ1n) is 11.7. The van der Waals surface area contributed by atoms with Gasteiger partial charge >= 0.3 is 0 Å². The summed E-state index contributed by atoms with van der Waals surface area (Å²) in [6, 6.07) is 16.6. The topological polar surface area (TPSA) is 129 Å². The molecule has 1 atom stereocenters. The number of hydrogen-bond donors (Lipinski definition) is 4. The number of aliphatic hydroxyl groups excluding tert-OH is 1. The zero-order valence-electron chi connectivity index (χ0n) is 20.2. The van der Waals surface area contributed by atoms with Crippen molar-refractivity contribution in [1.29, 1.82) is 0 Å². The summed E-state index contributed by atoms with van der Waals surface area (Å²) in [5, 5.41) is 18.4. The number of anilines is 1. The van der Waals surface area contributed by atoms with E-state index in [4.69, 9.17) is 5.11 Å². The Morgan fingerprint density at radius 3 is 2.56 bits per heavy atom. The Morgan fingerprint density at radius 1 is 1.00 bits per heavy atom. The minimum Gasteiger partial charge on any atom is -0.395 e. The van der Waals surface area contributed by atoms with Gasteiger partial charge in [-0.05, 0) is 23.8 Å². The van der Waals surface area contributed by atoms with Crippen molar-refractivity contribution in [2.75, 3.05) is 32.1 Å². The summed E-state index contributed by atoms with van der Waals surface area (Å²) in [5.41, 5.74) is 4.53. The summed E-state index contributed by atoms with van der Waals surface area (Å²) >= 11 is 0. The van der Waals surface area contributed by atoms with Gasteiger partial charge in [-0.1, -0.05) is 37.3 Å². The molecule has 0 aliphatic carbocycles. The molecule has 0 unspecified atom stereocenters. The molecule has 0 spiro atoms. The predicted molar refractivity (Wildman–Crippen MR) is 139 cm³/mol. The molecule has 0 radical (unpaired) electrons. The molecule has 4 N–H and O–H groups in total. The van der Waals surface area contributed by atoms with Crippen LogP contribution in [0.3, 0.4) is 0 Å². The van der Waals surface area contributed by atoms with Crippen LogP contribution < -0.4 is 16.0 Å². The normalized spacial score (nSPS) is 11.6. The van der Waals surface area contributed by atoms with Crippen LogP contribution >= 0.6 is 0 Å². The zero-order chi connectivity index (χ0) is 25.5. The van der Waals surface area contributed by atoms with Gasteiger partial charge in [0.15, 0.2) is 0 Å². The van der Waals surface area contributed by atoms with Gasteiger partial charge in [0.05, 0.1) is 23.4 Å².